The van der Waals surface area contributed by atoms with Crippen LogP contribution in [0.4, 0.5) is 0 Å². The maximum atomic E-state index is 11.5. The molecule has 1 aromatic carbocycles. The lowest BCUT2D eigenvalue weighted by molar-refractivity contribution is -0.137. The molecule has 1 unspecified atom stereocenters. The first-order chi connectivity index (χ1) is 10.6. The first-order valence-electron chi connectivity index (χ1n) is 7.23. The summed E-state index contributed by atoms with van der Waals surface area (Å²) in [7, 11) is 0. The average Bonchev–Trinajstić information content (AvgIpc) is 3.00. The van der Waals surface area contributed by atoms with Gasteiger partial charge in [-0.1, -0.05) is 24.3 Å². The van der Waals surface area contributed by atoms with E-state index in [0.29, 0.717) is 6.61 Å². The van der Waals surface area contributed by atoms with E-state index in [4.69, 9.17) is 9.47 Å². The van der Waals surface area contributed by atoms with Crippen molar-refractivity contribution < 1.29 is 14.3 Å². The summed E-state index contributed by atoms with van der Waals surface area (Å²) < 4.78 is 11.1. The van der Waals surface area contributed by atoms with Crippen LogP contribution in [0, 0.1) is 13.8 Å². The first kappa shape index (κ1) is 16.3. The van der Waals surface area contributed by atoms with Gasteiger partial charge >= 0.3 is 5.97 Å². The van der Waals surface area contributed by atoms with E-state index in [9.17, 15) is 4.79 Å². The number of hydrogen-bond acceptors (Lipinski definition) is 4. The SMILES string of the molecule is CCOC(=O)/C=C/C(Oc1c(C)cccc1C)c1cccs1. The first-order valence-corrected chi connectivity index (χ1v) is 8.11. The zero-order valence-corrected chi connectivity index (χ0v) is 13.9. The molecule has 0 aliphatic rings. The molecule has 0 spiro atoms. The molecule has 116 valence electrons. The molecule has 0 saturated carbocycles. The molecule has 0 radical (unpaired) electrons. The fourth-order valence-electron chi connectivity index (χ4n) is 2.11. The van der Waals surface area contributed by atoms with Crippen molar-refractivity contribution in [2.24, 2.45) is 0 Å². The van der Waals surface area contributed by atoms with Crippen molar-refractivity contribution in [1.82, 2.24) is 0 Å². The van der Waals surface area contributed by atoms with Crippen LogP contribution in [0.5, 0.6) is 5.75 Å². The molecule has 1 atom stereocenters. The second-order valence-corrected chi connectivity index (χ2v) is 5.87. The van der Waals surface area contributed by atoms with Gasteiger partial charge in [0.15, 0.2) is 6.10 Å². The summed E-state index contributed by atoms with van der Waals surface area (Å²) in [6.45, 7) is 6.19. The highest BCUT2D eigenvalue weighted by Crippen LogP contribution is 2.31. The third kappa shape index (κ3) is 4.21. The maximum Gasteiger partial charge on any atom is 0.330 e. The smallest absolute Gasteiger partial charge is 0.330 e. The van der Waals surface area contributed by atoms with Crippen molar-refractivity contribution in [3.05, 3.63) is 63.9 Å². The van der Waals surface area contributed by atoms with Crippen LogP contribution in [0.15, 0.2) is 47.9 Å². The summed E-state index contributed by atoms with van der Waals surface area (Å²) in [4.78, 5) is 12.6. The Morgan fingerprint density at radius 3 is 2.55 bits per heavy atom. The van der Waals surface area contributed by atoms with Crippen LogP contribution >= 0.6 is 11.3 Å². The number of carbonyl (C=O) groups excluding carboxylic acids is 1. The molecule has 1 aromatic heterocycles. The molecular formula is C18H20O3S. The van der Waals surface area contributed by atoms with E-state index in [2.05, 4.69) is 0 Å². The Hall–Kier alpha value is -2.07. The highest BCUT2D eigenvalue weighted by atomic mass is 32.1. The van der Waals surface area contributed by atoms with E-state index in [-0.39, 0.29) is 12.1 Å². The molecular weight excluding hydrogens is 296 g/mol. The Balaban J connectivity index is 2.24. The van der Waals surface area contributed by atoms with Crippen LogP contribution in [-0.2, 0) is 9.53 Å². The van der Waals surface area contributed by atoms with Gasteiger partial charge in [-0.3, -0.25) is 0 Å². The number of aryl methyl sites for hydroxylation is 2. The van der Waals surface area contributed by atoms with E-state index >= 15 is 0 Å². The number of carbonyl (C=O) groups is 1. The molecule has 2 aromatic rings. The minimum atomic E-state index is -0.353. The Bertz CT molecular complexity index is 624. The molecule has 3 nitrogen and oxygen atoms in total. The lowest BCUT2D eigenvalue weighted by Gasteiger charge is -2.18. The molecule has 22 heavy (non-hydrogen) atoms. The molecule has 0 saturated heterocycles. The van der Waals surface area contributed by atoms with Gasteiger partial charge in [-0.2, -0.15) is 0 Å². The van der Waals surface area contributed by atoms with E-state index in [0.717, 1.165) is 21.8 Å². The molecule has 0 bridgehead atoms. The Morgan fingerprint density at radius 2 is 1.95 bits per heavy atom. The fourth-order valence-corrected chi connectivity index (χ4v) is 2.85. The van der Waals surface area contributed by atoms with E-state index < -0.39 is 0 Å². The zero-order chi connectivity index (χ0) is 15.9. The second-order valence-electron chi connectivity index (χ2n) is 4.89. The van der Waals surface area contributed by atoms with Crippen LogP contribution in [0.3, 0.4) is 0 Å². The van der Waals surface area contributed by atoms with Gasteiger partial charge in [0.2, 0.25) is 0 Å². The van der Waals surface area contributed by atoms with E-state index in [1.807, 2.05) is 49.6 Å². The number of thiophene rings is 1. The van der Waals surface area contributed by atoms with Crippen molar-refractivity contribution in [3.8, 4) is 5.75 Å². The van der Waals surface area contributed by atoms with Crippen molar-refractivity contribution in [2.45, 2.75) is 26.9 Å². The average molecular weight is 316 g/mol. The number of hydrogen-bond donors (Lipinski definition) is 0. The summed E-state index contributed by atoms with van der Waals surface area (Å²) in [6, 6.07) is 10.0. The number of rotatable bonds is 6. The molecule has 0 aliphatic heterocycles. The molecule has 2 rings (SSSR count). The Morgan fingerprint density at radius 1 is 1.23 bits per heavy atom. The summed E-state index contributed by atoms with van der Waals surface area (Å²) >= 11 is 1.60. The third-order valence-corrected chi connectivity index (χ3v) is 4.10. The van der Waals surface area contributed by atoms with Crippen molar-refractivity contribution in [1.29, 1.82) is 0 Å². The van der Waals surface area contributed by atoms with Gasteiger partial charge < -0.3 is 9.47 Å². The molecule has 0 N–H and O–H groups in total. The van der Waals surface area contributed by atoms with Crippen molar-refractivity contribution in [2.75, 3.05) is 6.61 Å². The predicted octanol–water partition coefficient (Wildman–Crippen LogP) is 4.60. The quantitative estimate of drug-likeness (QED) is 0.577. The normalized spacial score (nSPS) is 12.3. The van der Waals surface area contributed by atoms with Crippen molar-refractivity contribution >= 4 is 17.3 Å². The van der Waals surface area contributed by atoms with Crippen LogP contribution in [-0.4, -0.2) is 12.6 Å². The maximum absolute atomic E-state index is 11.5. The lowest BCUT2D eigenvalue weighted by Crippen LogP contribution is -2.07. The van der Waals surface area contributed by atoms with Crippen LogP contribution in [0.2, 0.25) is 0 Å². The van der Waals surface area contributed by atoms with Gasteiger partial charge in [0.1, 0.15) is 5.75 Å². The highest BCUT2D eigenvalue weighted by Gasteiger charge is 2.14. The molecule has 0 fully saturated rings. The van der Waals surface area contributed by atoms with Gasteiger partial charge in [-0.15, -0.1) is 11.3 Å². The van der Waals surface area contributed by atoms with Gasteiger partial charge in [-0.05, 0) is 49.4 Å². The van der Waals surface area contributed by atoms with Gasteiger partial charge in [0.05, 0.1) is 6.61 Å². The summed E-state index contributed by atoms with van der Waals surface area (Å²) in [5.41, 5.74) is 2.15. The molecule has 4 heteroatoms. The molecule has 0 amide bonds. The van der Waals surface area contributed by atoms with Crippen LogP contribution in [0.1, 0.15) is 29.0 Å². The van der Waals surface area contributed by atoms with E-state index in [1.54, 1.807) is 24.3 Å². The minimum Gasteiger partial charge on any atom is -0.480 e. The molecule has 0 aliphatic carbocycles. The summed E-state index contributed by atoms with van der Waals surface area (Å²) in [5, 5.41) is 1.99. The monoisotopic (exact) mass is 316 g/mol. The highest BCUT2D eigenvalue weighted by molar-refractivity contribution is 7.10. The molecule has 1 heterocycles. The zero-order valence-electron chi connectivity index (χ0n) is 13.0. The van der Waals surface area contributed by atoms with E-state index in [1.165, 1.54) is 6.08 Å². The largest absolute Gasteiger partial charge is 0.480 e. The van der Waals surface area contributed by atoms with Crippen molar-refractivity contribution in [3.63, 3.8) is 0 Å². The lowest BCUT2D eigenvalue weighted by atomic mass is 10.1. The topological polar surface area (TPSA) is 35.5 Å². The Labute approximate surface area is 135 Å². The minimum absolute atomic E-state index is 0.302. The summed E-state index contributed by atoms with van der Waals surface area (Å²) in [6.07, 6.45) is 2.88. The van der Waals surface area contributed by atoms with Gasteiger partial charge in [0.25, 0.3) is 0 Å². The standard InChI is InChI=1S/C18H20O3S/c1-4-20-17(19)11-10-15(16-9-6-12-22-16)21-18-13(2)7-5-8-14(18)3/h5-12,15H,4H2,1-3H3/b11-10+. The number of benzene rings is 1. The second kappa shape index (κ2) is 7.80. The Kier molecular flexibility index (Phi) is 5.78. The van der Waals surface area contributed by atoms with Crippen LogP contribution in [0.25, 0.3) is 0 Å². The fraction of sp³-hybridized carbons (Fsp3) is 0.278. The summed E-state index contributed by atoms with van der Waals surface area (Å²) in [5.74, 6) is 0.503. The number of para-hydroxylation sites is 1. The van der Waals surface area contributed by atoms with Gasteiger partial charge in [-0.25, -0.2) is 4.79 Å². The third-order valence-electron chi connectivity index (χ3n) is 3.17. The number of ether oxygens (including phenoxy) is 2. The predicted molar refractivity (Wildman–Crippen MR) is 89.4 cm³/mol. The van der Waals surface area contributed by atoms with Gasteiger partial charge in [0, 0.05) is 11.0 Å². The number of esters is 1. The van der Waals surface area contributed by atoms with Crippen LogP contribution < -0.4 is 4.74 Å².